The van der Waals surface area contributed by atoms with Crippen LogP contribution < -0.4 is 0 Å². The average molecular weight is 202 g/mol. The van der Waals surface area contributed by atoms with Gasteiger partial charge in [-0.15, -0.1) is 0 Å². The summed E-state index contributed by atoms with van der Waals surface area (Å²) in [6.07, 6.45) is 12.7. The number of hydrogen-bond acceptors (Lipinski definition) is 0. The van der Waals surface area contributed by atoms with Crippen molar-refractivity contribution in [3.63, 3.8) is 0 Å². The molecule has 4 aliphatic rings. The fourth-order valence-electron chi connectivity index (χ4n) is 6.25. The molecule has 0 aromatic heterocycles. The Morgan fingerprint density at radius 1 is 1.33 bits per heavy atom. The lowest BCUT2D eigenvalue weighted by Crippen LogP contribution is -2.38. The zero-order valence-corrected chi connectivity index (χ0v) is 10.00. The van der Waals surface area contributed by atoms with E-state index in [1.165, 1.54) is 12.8 Å². The molecule has 0 heterocycles. The van der Waals surface area contributed by atoms with Crippen LogP contribution in [-0.4, -0.2) is 0 Å². The van der Waals surface area contributed by atoms with E-state index >= 15 is 0 Å². The number of fused-ring (bicyclic) bond motifs is 9. The Hall–Kier alpha value is -0.260. The molecule has 0 nitrogen and oxygen atoms in total. The molecule has 6 atom stereocenters. The number of hydrogen-bond donors (Lipinski definition) is 0. The highest BCUT2D eigenvalue weighted by molar-refractivity contribution is 5.27. The largest absolute Gasteiger partial charge is 0.0845 e. The van der Waals surface area contributed by atoms with E-state index in [-0.39, 0.29) is 0 Å². The summed E-state index contributed by atoms with van der Waals surface area (Å²) in [5.74, 6) is 4.22. The molecule has 0 aromatic rings. The quantitative estimate of drug-likeness (QED) is 0.445. The first kappa shape index (κ1) is 8.84. The Morgan fingerprint density at radius 3 is 3.00 bits per heavy atom. The van der Waals surface area contributed by atoms with Gasteiger partial charge in [0, 0.05) is 0 Å². The molecule has 4 aliphatic carbocycles. The summed E-state index contributed by atoms with van der Waals surface area (Å²) in [5, 5.41) is 0. The van der Waals surface area contributed by atoms with E-state index < -0.39 is 0 Å². The molecule has 3 fully saturated rings. The van der Waals surface area contributed by atoms with Gasteiger partial charge in [-0.3, -0.25) is 0 Å². The molecular weight excluding hydrogens is 180 g/mol. The van der Waals surface area contributed by atoms with E-state index in [1.807, 2.05) is 0 Å². The smallest absolute Gasteiger partial charge is 0.0104 e. The van der Waals surface area contributed by atoms with E-state index in [0.29, 0.717) is 5.41 Å². The van der Waals surface area contributed by atoms with Gasteiger partial charge in [0.2, 0.25) is 0 Å². The Kier molecular flexibility index (Phi) is 1.39. The van der Waals surface area contributed by atoms with Gasteiger partial charge in [-0.2, -0.15) is 0 Å². The van der Waals surface area contributed by atoms with Crippen molar-refractivity contribution < 1.29 is 0 Å². The zero-order chi connectivity index (χ0) is 10.3. The minimum absolute atomic E-state index is 0.598. The molecule has 0 saturated heterocycles. The maximum atomic E-state index is 2.58. The first-order valence-electron chi connectivity index (χ1n) is 6.88. The van der Waals surface area contributed by atoms with E-state index in [4.69, 9.17) is 0 Å². The summed E-state index contributed by atoms with van der Waals surface area (Å²) in [5.41, 5.74) is 1.37. The van der Waals surface area contributed by atoms with Crippen molar-refractivity contribution in [2.75, 3.05) is 0 Å². The molecule has 0 heteroatoms. The standard InChI is InChI=1S/C15H22/c1-3-15-7-5-11(9-15)12-10-4-6-14(2,8-10)13(12)15/h4,6,10-13H,3,5,7-9H2,1-2H3. The monoisotopic (exact) mass is 202 g/mol. The summed E-state index contributed by atoms with van der Waals surface area (Å²) in [4.78, 5) is 0. The Bertz CT molecular complexity index is 342. The third-order valence-corrected chi connectivity index (χ3v) is 6.58. The van der Waals surface area contributed by atoms with E-state index in [2.05, 4.69) is 26.0 Å². The summed E-state index contributed by atoms with van der Waals surface area (Å²) in [6, 6.07) is 0. The second kappa shape index (κ2) is 2.36. The highest BCUT2D eigenvalue weighted by Crippen LogP contribution is 2.75. The predicted octanol–water partition coefficient (Wildman–Crippen LogP) is 4.02. The van der Waals surface area contributed by atoms with Crippen molar-refractivity contribution in [2.45, 2.75) is 46.0 Å². The topological polar surface area (TPSA) is 0 Å². The SMILES string of the molecule is CCC12CCC(C1)C1C3C=CC(C)(C3)C12. The maximum absolute atomic E-state index is 2.58. The lowest BCUT2D eigenvalue weighted by molar-refractivity contribution is 0.0700. The molecular formula is C15H22. The molecule has 0 N–H and O–H groups in total. The van der Waals surface area contributed by atoms with Crippen LogP contribution in [0.15, 0.2) is 12.2 Å². The van der Waals surface area contributed by atoms with Gasteiger partial charge in [0.25, 0.3) is 0 Å². The molecule has 4 rings (SSSR count). The molecule has 0 spiro atoms. The van der Waals surface area contributed by atoms with Crippen molar-refractivity contribution in [1.29, 1.82) is 0 Å². The van der Waals surface area contributed by atoms with Crippen molar-refractivity contribution in [1.82, 2.24) is 0 Å². The maximum Gasteiger partial charge on any atom is -0.0104 e. The lowest BCUT2D eigenvalue weighted by Gasteiger charge is -2.44. The second-order valence-corrected chi connectivity index (χ2v) is 7.01. The van der Waals surface area contributed by atoms with Gasteiger partial charge in [-0.25, -0.2) is 0 Å². The molecule has 0 radical (unpaired) electrons. The van der Waals surface area contributed by atoms with Crippen LogP contribution in [0.1, 0.15) is 46.0 Å². The lowest BCUT2D eigenvalue weighted by atomic mass is 9.60. The first-order chi connectivity index (χ1) is 7.19. The fourth-order valence-corrected chi connectivity index (χ4v) is 6.25. The van der Waals surface area contributed by atoms with Gasteiger partial charge >= 0.3 is 0 Å². The van der Waals surface area contributed by atoms with E-state index in [0.717, 1.165) is 29.1 Å². The molecule has 3 saturated carbocycles. The van der Waals surface area contributed by atoms with Crippen LogP contribution in [0.25, 0.3) is 0 Å². The molecule has 0 aromatic carbocycles. The molecule has 4 bridgehead atoms. The van der Waals surface area contributed by atoms with Gasteiger partial charge in [-0.05, 0) is 60.2 Å². The van der Waals surface area contributed by atoms with E-state index in [1.54, 1.807) is 19.3 Å². The van der Waals surface area contributed by atoms with E-state index in [9.17, 15) is 0 Å². The number of allylic oxidation sites excluding steroid dienone is 2. The fraction of sp³-hybridized carbons (Fsp3) is 0.867. The van der Waals surface area contributed by atoms with Crippen molar-refractivity contribution in [3.8, 4) is 0 Å². The summed E-state index contributed by atoms with van der Waals surface area (Å²) >= 11 is 0. The van der Waals surface area contributed by atoms with Crippen LogP contribution in [0.5, 0.6) is 0 Å². The summed E-state index contributed by atoms with van der Waals surface area (Å²) < 4.78 is 0. The first-order valence-corrected chi connectivity index (χ1v) is 6.88. The van der Waals surface area contributed by atoms with Crippen LogP contribution in [-0.2, 0) is 0 Å². The predicted molar refractivity (Wildman–Crippen MR) is 62.4 cm³/mol. The van der Waals surface area contributed by atoms with Gasteiger partial charge in [0.05, 0.1) is 0 Å². The van der Waals surface area contributed by atoms with Crippen LogP contribution in [0, 0.1) is 34.5 Å². The van der Waals surface area contributed by atoms with Gasteiger partial charge in [-0.1, -0.05) is 32.4 Å². The molecule has 0 aliphatic heterocycles. The summed E-state index contributed by atoms with van der Waals surface area (Å²) in [7, 11) is 0. The van der Waals surface area contributed by atoms with Crippen LogP contribution in [0.3, 0.4) is 0 Å². The Balaban J connectivity index is 1.85. The van der Waals surface area contributed by atoms with Crippen LogP contribution in [0.2, 0.25) is 0 Å². The van der Waals surface area contributed by atoms with Crippen molar-refractivity contribution in [2.24, 2.45) is 34.5 Å². The zero-order valence-electron chi connectivity index (χ0n) is 10.00. The molecule has 15 heavy (non-hydrogen) atoms. The van der Waals surface area contributed by atoms with Crippen LogP contribution >= 0.6 is 0 Å². The van der Waals surface area contributed by atoms with Gasteiger partial charge in [0.1, 0.15) is 0 Å². The number of rotatable bonds is 1. The minimum Gasteiger partial charge on any atom is -0.0845 e. The normalized spacial score (nSPS) is 64.1. The molecule has 82 valence electrons. The Labute approximate surface area is 93.1 Å². The van der Waals surface area contributed by atoms with Crippen molar-refractivity contribution in [3.05, 3.63) is 12.2 Å². The highest BCUT2D eigenvalue weighted by Gasteiger charge is 2.67. The Morgan fingerprint density at radius 2 is 2.20 bits per heavy atom. The molecule has 6 unspecified atom stereocenters. The van der Waals surface area contributed by atoms with Gasteiger partial charge in [0.15, 0.2) is 0 Å². The highest BCUT2D eigenvalue weighted by atomic mass is 14.7. The van der Waals surface area contributed by atoms with Crippen molar-refractivity contribution >= 4 is 0 Å². The third-order valence-electron chi connectivity index (χ3n) is 6.58. The third kappa shape index (κ3) is 0.797. The average Bonchev–Trinajstić information content (AvgIpc) is 2.91. The second-order valence-electron chi connectivity index (χ2n) is 7.01. The summed E-state index contributed by atoms with van der Waals surface area (Å²) in [6.45, 7) is 5.00. The molecule has 0 amide bonds. The van der Waals surface area contributed by atoms with Crippen LogP contribution in [0.4, 0.5) is 0 Å². The van der Waals surface area contributed by atoms with Gasteiger partial charge < -0.3 is 0 Å². The minimum atomic E-state index is 0.598.